The van der Waals surface area contributed by atoms with Gasteiger partial charge >= 0.3 is 0 Å². The van der Waals surface area contributed by atoms with Gasteiger partial charge in [-0.15, -0.1) is 0 Å². The minimum atomic E-state index is 0.505. The zero-order valence-corrected chi connectivity index (χ0v) is 10.4. The Balaban J connectivity index is 2.08. The van der Waals surface area contributed by atoms with E-state index in [4.69, 9.17) is 5.84 Å². The van der Waals surface area contributed by atoms with Gasteiger partial charge in [-0.3, -0.25) is 4.68 Å². The van der Waals surface area contributed by atoms with Crippen LogP contribution >= 0.6 is 0 Å². The van der Waals surface area contributed by atoms with Crippen molar-refractivity contribution in [3.63, 3.8) is 0 Å². The third kappa shape index (κ3) is 2.92. The minimum Gasteiger partial charge on any atom is -0.363 e. The van der Waals surface area contributed by atoms with Crippen LogP contribution in [0.2, 0.25) is 0 Å². The van der Waals surface area contributed by atoms with Gasteiger partial charge in [0.15, 0.2) is 5.82 Å². The van der Waals surface area contributed by atoms with Crippen LogP contribution in [0.15, 0.2) is 12.4 Å². The van der Waals surface area contributed by atoms with Gasteiger partial charge in [-0.2, -0.15) is 5.10 Å². The summed E-state index contributed by atoms with van der Waals surface area (Å²) in [4.78, 5) is 12.7. The molecule has 0 aliphatic carbocycles. The molecule has 0 saturated carbocycles. The maximum Gasteiger partial charge on any atom is 0.169 e. The molecule has 0 radical (unpaired) electrons. The zero-order valence-electron chi connectivity index (χ0n) is 10.4. The molecule has 8 nitrogen and oxygen atoms in total. The van der Waals surface area contributed by atoms with Crippen molar-refractivity contribution < 1.29 is 0 Å². The number of nitrogens with zero attached hydrogens (tertiary/aromatic N) is 5. The highest BCUT2D eigenvalue weighted by molar-refractivity contribution is 5.46. The van der Waals surface area contributed by atoms with E-state index < -0.39 is 0 Å². The molecule has 2 heterocycles. The summed E-state index contributed by atoms with van der Waals surface area (Å²) in [6.45, 7) is 2.49. The topological polar surface area (TPSA) is 107 Å². The summed E-state index contributed by atoms with van der Waals surface area (Å²) in [5, 5.41) is 7.31. The fourth-order valence-electron chi connectivity index (χ4n) is 1.45. The molecule has 0 saturated heterocycles. The van der Waals surface area contributed by atoms with E-state index in [0.717, 1.165) is 12.2 Å². The molecule has 2 aromatic rings. The second-order valence-corrected chi connectivity index (χ2v) is 3.74. The van der Waals surface area contributed by atoms with Gasteiger partial charge in [-0.25, -0.2) is 20.8 Å². The summed E-state index contributed by atoms with van der Waals surface area (Å²) >= 11 is 0. The van der Waals surface area contributed by atoms with Crippen LogP contribution in [-0.2, 0) is 20.0 Å². The maximum atomic E-state index is 5.36. The van der Waals surface area contributed by atoms with Crippen LogP contribution in [0.1, 0.15) is 18.6 Å². The van der Waals surface area contributed by atoms with Crippen molar-refractivity contribution in [2.75, 3.05) is 10.7 Å². The van der Waals surface area contributed by atoms with Crippen molar-refractivity contribution in [1.82, 2.24) is 24.7 Å². The maximum absolute atomic E-state index is 5.36. The highest BCUT2D eigenvalue weighted by atomic mass is 15.3. The Morgan fingerprint density at radius 3 is 2.67 bits per heavy atom. The average Bonchev–Trinajstić information content (AvgIpc) is 2.81. The number of nitrogens with two attached hydrogens (primary N) is 1. The first-order valence-electron chi connectivity index (χ1n) is 5.64. The fraction of sp³-hybridized carbons (Fsp3) is 0.400. The predicted molar refractivity (Wildman–Crippen MR) is 67.5 cm³/mol. The molecule has 0 amide bonds. The van der Waals surface area contributed by atoms with Gasteiger partial charge in [0.25, 0.3) is 0 Å². The number of hydrazine groups is 1. The minimum absolute atomic E-state index is 0.505. The van der Waals surface area contributed by atoms with E-state index in [0.29, 0.717) is 24.0 Å². The van der Waals surface area contributed by atoms with Crippen molar-refractivity contribution in [2.45, 2.75) is 19.9 Å². The van der Waals surface area contributed by atoms with Crippen LogP contribution in [0.25, 0.3) is 0 Å². The van der Waals surface area contributed by atoms with E-state index >= 15 is 0 Å². The highest BCUT2D eigenvalue weighted by Crippen LogP contribution is 2.11. The normalized spacial score (nSPS) is 10.4. The molecule has 0 aromatic carbocycles. The molecule has 0 spiro atoms. The molecule has 2 aromatic heterocycles. The van der Waals surface area contributed by atoms with E-state index in [1.54, 1.807) is 17.1 Å². The molecule has 0 atom stereocenters. The standard InChI is InChI=1S/C10H16N8/c1-3-7-14-8(4-9(15-7)16-11)12-5-10-13-6-18(2)17-10/h4,6H,3,5,11H2,1-2H3,(H2,12,14,15,16). The Kier molecular flexibility index (Phi) is 3.68. The number of aromatic nitrogens is 5. The van der Waals surface area contributed by atoms with Crippen LogP contribution < -0.4 is 16.6 Å². The smallest absolute Gasteiger partial charge is 0.169 e. The Bertz CT molecular complexity index is 498. The van der Waals surface area contributed by atoms with E-state index in [1.807, 2.05) is 14.0 Å². The van der Waals surface area contributed by atoms with Crippen LogP contribution in [-0.4, -0.2) is 24.7 Å². The van der Waals surface area contributed by atoms with E-state index in [-0.39, 0.29) is 0 Å². The lowest BCUT2D eigenvalue weighted by Gasteiger charge is -2.07. The Labute approximate surface area is 105 Å². The number of hydrogen-bond donors (Lipinski definition) is 3. The summed E-state index contributed by atoms with van der Waals surface area (Å²) in [5.74, 6) is 8.06. The molecule has 0 unspecified atom stereocenters. The first kappa shape index (κ1) is 12.2. The number of nitrogen functional groups attached to an aromatic ring is 1. The van der Waals surface area contributed by atoms with Gasteiger partial charge in [-0.1, -0.05) is 6.92 Å². The average molecular weight is 248 g/mol. The first-order chi connectivity index (χ1) is 8.71. The Morgan fingerprint density at radius 1 is 1.28 bits per heavy atom. The number of nitrogens with one attached hydrogen (secondary N) is 2. The van der Waals surface area contributed by atoms with Crippen LogP contribution in [0.4, 0.5) is 11.6 Å². The second kappa shape index (κ2) is 5.41. The number of aryl methyl sites for hydroxylation is 2. The predicted octanol–water partition coefficient (Wildman–Crippen LogP) is 0.0652. The molecular weight excluding hydrogens is 232 g/mol. The molecule has 4 N–H and O–H groups in total. The van der Waals surface area contributed by atoms with Crippen molar-refractivity contribution in [3.8, 4) is 0 Å². The monoisotopic (exact) mass is 248 g/mol. The molecule has 0 aliphatic heterocycles. The third-order valence-corrected chi connectivity index (χ3v) is 2.31. The first-order valence-corrected chi connectivity index (χ1v) is 5.64. The van der Waals surface area contributed by atoms with Crippen LogP contribution in [0, 0.1) is 0 Å². The summed E-state index contributed by atoms with van der Waals surface area (Å²) in [5.41, 5.74) is 2.52. The van der Waals surface area contributed by atoms with E-state index in [1.165, 1.54) is 0 Å². The Morgan fingerprint density at radius 2 is 2.06 bits per heavy atom. The summed E-state index contributed by atoms with van der Waals surface area (Å²) in [6.07, 6.45) is 2.40. The number of anilines is 2. The lowest BCUT2D eigenvalue weighted by Crippen LogP contribution is -2.12. The van der Waals surface area contributed by atoms with Crippen molar-refractivity contribution in [2.24, 2.45) is 12.9 Å². The number of hydrogen-bond acceptors (Lipinski definition) is 7. The number of rotatable bonds is 5. The lowest BCUT2D eigenvalue weighted by molar-refractivity contribution is 0.746. The van der Waals surface area contributed by atoms with Gasteiger partial charge in [0.05, 0.1) is 6.54 Å². The summed E-state index contributed by atoms with van der Waals surface area (Å²) in [7, 11) is 1.83. The van der Waals surface area contributed by atoms with Crippen LogP contribution in [0.5, 0.6) is 0 Å². The van der Waals surface area contributed by atoms with Crippen molar-refractivity contribution in [3.05, 3.63) is 24.0 Å². The molecular formula is C10H16N8. The SMILES string of the molecule is CCc1nc(NN)cc(NCc2ncn(C)n2)n1. The van der Waals surface area contributed by atoms with Gasteiger partial charge in [0.2, 0.25) is 0 Å². The van der Waals surface area contributed by atoms with Crippen molar-refractivity contribution in [1.29, 1.82) is 0 Å². The quantitative estimate of drug-likeness (QED) is 0.507. The van der Waals surface area contributed by atoms with Crippen molar-refractivity contribution >= 4 is 11.6 Å². The van der Waals surface area contributed by atoms with E-state index in [9.17, 15) is 0 Å². The molecule has 0 aliphatic rings. The van der Waals surface area contributed by atoms with Gasteiger partial charge in [0, 0.05) is 19.5 Å². The molecule has 18 heavy (non-hydrogen) atoms. The third-order valence-electron chi connectivity index (χ3n) is 2.31. The molecule has 0 fully saturated rings. The van der Waals surface area contributed by atoms with E-state index in [2.05, 4.69) is 30.8 Å². The molecule has 8 heteroatoms. The van der Waals surface area contributed by atoms with Crippen LogP contribution in [0.3, 0.4) is 0 Å². The Hall–Kier alpha value is -2.22. The summed E-state index contributed by atoms with van der Waals surface area (Å²) in [6, 6.07) is 1.74. The van der Waals surface area contributed by atoms with Gasteiger partial charge in [0.1, 0.15) is 23.8 Å². The molecule has 96 valence electrons. The summed E-state index contributed by atoms with van der Waals surface area (Å²) < 4.78 is 1.65. The largest absolute Gasteiger partial charge is 0.363 e. The highest BCUT2D eigenvalue weighted by Gasteiger charge is 2.04. The zero-order chi connectivity index (χ0) is 13.0. The molecule has 2 rings (SSSR count). The lowest BCUT2D eigenvalue weighted by atomic mass is 10.4. The van der Waals surface area contributed by atoms with Gasteiger partial charge < -0.3 is 10.7 Å². The van der Waals surface area contributed by atoms with Gasteiger partial charge in [-0.05, 0) is 0 Å². The molecule has 0 bridgehead atoms. The second-order valence-electron chi connectivity index (χ2n) is 3.74. The fourth-order valence-corrected chi connectivity index (χ4v) is 1.45.